The van der Waals surface area contributed by atoms with Crippen molar-refractivity contribution >= 4 is 35.0 Å². The van der Waals surface area contributed by atoms with E-state index >= 15 is 0 Å². The third-order valence-corrected chi connectivity index (χ3v) is 1.03. The molecule has 76 valence electrons. The minimum absolute atomic E-state index is 0. The van der Waals surface area contributed by atoms with Crippen LogP contribution in [0.15, 0.2) is 16.5 Å². The number of hydrogen-bond acceptors (Lipinski definition) is 5. The summed E-state index contributed by atoms with van der Waals surface area (Å²) in [5.74, 6) is -3.31. The molecule has 1 rings (SSSR count). The van der Waals surface area contributed by atoms with Crippen LogP contribution in [-0.2, 0) is 0 Å². The lowest BCUT2D eigenvalue weighted by molar-refractivity contribution is 0.0632. The van der Waals surface area contributed by atoms with Gasteiger partial charge in [-0.05, 0) is 12.1 Å². The monoisotopic (exact) mass is 214 g/mol. The highest BCUT2D eigenvalue weighted by atomic mass is 24.3. The number of aromatic carboxylic acids is 2. The Bertz CT molecular complexity index is 282. The van der Waals surface area contributed by atoms with Gasteiger partial charge in [-0.2, -0.15) is 0 Å². The Morgan fingerprint density at radius 3 is 1.43 bits per heavy atom. The molecule has 0 unspecified atom stereocenters. The molecule has 0 atom stereocenters. The van der Waals surface area contributed by atoms with E-state index in [9.17, 15) is 9.59 Å². The standard InChI is InChI=1S/C6H4O5.Mg.2H3N/c7-5(8)3-1-2-4(11-3)6(9)10;;;/h1-2H,(H,7,8)(H,9,10);;2*1H3. The first-order valence-corrected chi connectivity index (χ1v) is 2.67. The number of carboxylic acid groups (broad SMARTS) is 2. The molecule has 0 spiro atoms. The number of furan rings is 1. The summed E-state index contributed by atoms with van der Waals surface area (Å²) in [6, 6.07) is 2.18. The van der Waals surface area contributed by atoms with Gasteiger partial charge in [0.15, 0.2) is 0 Å². The van der Waals surface area contributed by atoms with E-state index < -0.39 is 11.9 Å². The molecule has 0 aliphatic carbocycles. The molecule has 1 aromatic heterocycles. The molecule has 0 saturated carbocycles. The second-order valence-electron chi connectivity index (χ2n) is 1.77. The van der Waals surface area contributed by atoms with Crippen molar-refractivity contribution in [2.45, 2.75) is 0 Å². The molecule has 0 aliphatic heterocycles. The summed E-state index contributed by atoms with van der Waals surface area (Å²) in [7, 11) is 0. The van der Waals surface area contributed by atoms with Crippen LogP contribution in [0.4, 0.5) is 0 Å². The van der Waals surface area contributed by atoms with Gasteiger partial charge >= 0.3 is 11.9 Å². The zero-order chi connectivity index (χ0) is 8.43. The fraction of sp³-hybridized carbons (Fsp3) is 0. The van der Waals surface area contributed by atoms with Crippen LogP contribution in [0.5, 0.6) is 0 Å². The number of carboxylic acids is 2. The van der Waals surface area contributed by atoms with E-state index in [0.29, 0.717) is 0 Å². The van der Waals surface area contributed by atoms with Crippen LogP contribution in [0, 0.1) is 0 Å². The molecule has 1 heterocycles. The zero-order valence-electron chi connectivity index (χ0n) is 7.40. The van der Waals surface area contributed by atoms with Gasteiger partial charge in [-0.15, -0.1) is 0 Å². The average molecular weight is 214 g/mol. The summed E-state index contributed by atoms with van der Waals surface area (Å²) in [6.45, 7) is 0. The lowest BCUT2D eigenvalue weighted by atomic mass is 10.4. The van der Waals surface area contributed by atoms with E-state index in [2.05, 4.69) is 4.42 Å². The van der Waals surface area contributed by atoms with Crippen LogP contribution in [0.2, 0.25) is 0 Å². The van der Waals surface area contributed by atoms with E-state index in [-0.39, 0.29) is 46.9 Å². The summed E-state index contributed by atoms with van der Waals surface area (Å²) in [6.07, 6.45) is 0. The van der Waals surface area contributed by atoms with E-state index in [1.807, 2.05) is 0 Å². The van der Waals surface area contributed by atoms with Gasteiger partial charge in [0.2, 0.25) is 11.5 Å². The Hall–Kier alpha value is -1.09. The molecule has 0 aromatic carbocycles. The van der Waals surface area contributed by atoms with Crippen LogP contribution < -0.4 is 12.3 Å². The van der Waals surface area contributed by atoms with Gasteiger partial charge in [-0.3, -0.25) is 0 Å². The van der Waals surface area contributed by atoms with Crippen molar-refractivity contribution in [2.24, 2.45) is 0 Å². The SMILES string of the molecule is N.N.O=C(O)c1ccc(C(=O)O)o1.[Mg]. The number of hydrogen-bond donors (Lipinski definition) is 4. The molecular formula is C6H10MgN2O5. The van der Waals surface area contributed by atoms with E-state index in [0.717, 1.165) is 12.1 Å². The molecule has 14 heavy (non-hydrogen) atoms. The maximum Gasteiger partial charge on any atom is 0.371 e. The minimum Gasteiger partial charge on any atom is -0.475 e. The fourth-order valence-electron chi connectivity index (χ4n) is 0.568. The topological polar surface area (TPSA) is 158 Å². The minimum atomic E-state index is -1.28. The molecule has 0 fully saturated rings. The van der Waals surface area contributed by atoms with Crippen LogP contribution in [0.1, 0.15) is 21.1 Å². The van der Waals surface area contributed by atoms with Crippen molar-refractivity contribution in [2.75, 3.05) is 0 Å². The Labute approximate surface area is 95.4 Å². The highest BCUT2D eigenvalue weighted by Crippen LogP contribution is 2.06. The summed E-state index contributed by atoms with van der Waals surface area (Å²) < 4.78 is 4.41. The fourth-order valence-corrected chi connectivity index (χ4v) is 0.568. The van der Waals surface area contributed by atoms with Gasteiger partial charge < -0.3 is 26.9 Å². The maximum absolute atomic E-state index is 10.2. The van der Waals surface area contributed by atoms with Crippen LogP contribution in [-0.4, -0.2) is 45.2 Å². The van der Waals surface area contributed by atoms with Crippen LogP contribution in [0.25, 0.3) is 0 Å². The largest absolute Gasteiger partial charge is 0.475 e. The van der Waals surface area contributed by atoms with E-state index in [4.69, 9.17) is 10.2 Å². The van der Waals surface area contributed by atoms with Gasteiger partial charge in [-0.1, -0.05) is 0 Å². The molecule has 7 nitrogen and oxygen atoms in total. The molecule has 0 amide bonds. The molecule has 0 saturated heterocycles. The first-order valence-electron chi connectivity index (χ1n) is 2.67. The van der Waals surface area contributed by atoms with E-state index in [1.54, 1.807) is 0 Å². The molecular weight excluding hydrogens is 204 g/mol. The van der Waals surface area contributed by atoms with Crippen molar-refractivity contribution < 1.29 is 24.2 Å². The average Bonchev–Trinajstić information content (AvgIpc) is 2.33. The van der Waals surface area contributed by atoms with Crippen molar-refractivity contribution in [3.8, 4) is 0 Å². The van der Waals surface area contributed by atoms with Crippen molar-refractivity contribution in [3.63, 3.8) is 0 Å². The van der Waals surface area contributed by atoms with Crippen molar-refractivity contribution in [1.29, 1.82) is 0 Å². The summed E-state index contributed by atoms with van der Waals surface area (Å²) in [5, 5.41) is 16.6. The highest BCUT2D eigenvalue weighted by Gasteiger charge is 2.12. The normalized spacial score (nSPS) is 7.43. The third kappa shape index (κ3) is 4.23. The second kappa shape index (κ2) is 7.32. The van der Waals surface area contributed by atoms with Gasteiger partial charge in [0.05, 0.1) is 0 Å². The van der Waals surface area contributed by atoms with E-state index in [1.165, 1.54) is 0 Å². The Morgan fingerprint density at radius 2 is 1.29 bits per heavy atom. The number of carbonyl (C=O) groups is 2. The molecule has 1 aromatic rings. The van der Waals surface area contributed by atoms with Gasteiger partial charge in [0.1, 0.15) is 0 Å². The zero-order valence-corrected chi connectivity index (χ0v) is 8.81. The lowest BCUT2D eigenvalue weighted by Crippen LogP contribution is -1.94. The Morgan fingerprint density at radius 1 is 1.00 bits per heavy atom. The first kappa shape index (κ1) is 18.6. The Balaban J connectivity index is -0.000000403. The molecule has 0 bridgehead atoms. The van der Waals surface area contributed by atoms with Crippen LogP contribution >= 0.6 is 0 Å². The molecule has 0 aliphatic rings. The molecule has 8 N–H and O–H groups in total. The molecule has 8 heteroatoms. The van der Waals surface area contributed by atoms with Gasteiger partial charge in [0, 0.05) is 23.1 Å². The maximum atomic E-state index is 10.2. The predicted octanol–water partition coefficient (Wildman–Crippen LogP) is 0.619. The van der Waals surface area contributed by atoms with Gasteiger partial charge in [0.25, 0.3) is 0 Å². The van der Waals surface area contributed by atoms with Crippen molar-refractivity contribution in [3.05, 3.63) is 23.7 Å². The summed E-state index contributed by atoms with van der Waals surface area (Å²) in [5.41, 5.74) is 0. The summed E-state index contributed by atoms with van der Waals surface area (Å²) in [4.78, 5) is 20.3. The second-order valence-corrected chi connectivity index (χ2v) is 1.77. The van der Waals surface area contributed by atoms with Crippen molar-refractivity contribution in [1.82, 2.24) is 12.3 Å². The Kier molecular flexibility index (Phi) is 9.75. The summed E-state index contributed by atoms with van der Waals surface area (Å²) >= 11 is 0. The lowest BCUT2D eigenvalue weighted by Gasteiger charge is -1.84. The predicted molar refractivity (Wildman–Crippen MR) is 48.4 cm³/mol. The van der Waals surface area contributed by atoms with Gasteiger partial charge in [-0.25, -0.2) is 9.59 Å². The first-order chi connectivity index (χ1) is 5.11. The smallest absolute Gasteiger partial charge is 0.371 e. The van der Waals surface area contributed by atoms with Crippen LogP contribution in [0.3, 0.4) is 0 Å². The number of rotatable bonds is 2. The third-order valence-electron chi connectivity index (χ3n) is 1.03. The molecule has 2 radical (unpaired) electrons. The quantitative estimate of drug-likeness (QED) is 0.525. The highest BCUT2D eigenvalue weighted by molar-refractivity contribution is 5.88.